The van der Waals surface area contributed by atoms with Crippen LogP contribution >= 0.6 is 0 Å². The highest BCUT2D eigenvalue weighted by Gasteiger charge is 2.25. The largest absolute Gasteiger partial charge is 0.317 e. The van der Waals surface area contributed by atoms with E-state index in [9.17, 15) is 0 Å². The topological polar surface area (TPSA) is 49.8 Å². The lowest BCUT2D eigenvalue weighted by Gasteiger charge is -2.32. The number of nitrogens with one attached hydrogen (secondary N) is 2. The van der Waals surface area contributed by atoms with Crippen LogP contribution in [-0.2, 0) is 0 Å². The minimum atomic E-state index is 0.343. The Labute approximate surface area is 137 Å². The van der Waals surface area contributed by atoms with Crippen molar-refractivity contribution in [3.8, 4) is 0 Å². The fraction of sp³-hybridized carbons (Fsp3) is 0.368. The van der Waals surface area contributed by atoms with Crippen molar-refractivity contribution in [2.75, 3.05) is 13.1 Å². The molecule has 0 aromatic carbocycles. The zero-order valence-corrected chi connectivity index (χ0v) is 13.2. The average Bonchev–Trinajstić information content (AvgIpc) is 2.63. The third-order valence-corrected chi connectivity index (χ3v) is 4.84. The van der Waals surface area contributed by atoms with Gasteiger partial charge in [-0.2, -0.15) is 0 Å². The van der Waals surface area contributed by atoms with Gasteiger partial charge in [0.15, 0.2) is 0 Å². The summed E-state index contributed by atoms with van der Waals surface area (Å²) >= 11 is 0. The van der Waals surface area contributed by atoms with E-state index in [2.05, 4.69) is 44.9 Å². The van der Waals surface area contributed by atoms with Gasteiger partial charge in [-0.1, -0.05) is 6.08 Å². The molecular weight excluding hydrogens is 284 g/mol. The average molecular weight is 306 g/mol. The molecule has 1 fully saturated rings. The maximum Gasteiger partial charge on any atom is 0.0384 e. The van der Waals surface area contributed by atoms with E-state index in [1.807, 2.05) is 24.8 Å². The Balaban J connectivity index is 1.63. The van der Waals surface area contributed by atoms with Crippen LogP contribution in [0.25, 0.3) is 11.6 Å². The number of pyridine rings is 2. The first-order valence-electron chi connectivity index (χ1n) is 8.42. The summed E-state index contributed by atoms with van der Waals surface area (Å²) in [5.41, 5.74) is 5.24. The first-order valence-corrected chi connectivity index (χ1v) is 8.42. The predicted octanol–water partition coefficient (Wildman–Crippen LogP) is 2.80. The number of rotatable bonds is 3. The normalized spacial score (nSPS) is 21.6. The molecule has 1 aliphatic heterocycles. The van der Waals surface area contributed by atoms with Gasteiger partial charge in [0.1, 0.15) is 0 Å². The summed E-state index contributed by atoms with van der Waals surface area (Å²) in [7, 11) is 0. The number of nitrogens with zero attached hydrogens (tertiary/aromatic N) is 2. The summed E-state index contributed by atoms with van der Waals surface area (Å²) in [6.07, 6.45) is 13.3. The lowest BCUT2D eigenvalue weighted by Crippen LogP contribution is -2.42. The fourth-order valence-corrected chi connectivity index (χ4v) is 3.61. The molecule has 0 radical (unpaired) electrons. The van der Waals surface area contributed by atoms with Crippen LogP contribution in [0.2, 0.25) is 0 Å². The van der Waals surface area contributed by atoms with Crippen LogP contribution in [0.1, 0.15) is 42.0 Å². The minimum absolute atomic E-state index is 0.343. The van der Waals surface area contributed by atoms with Gasteiger partial charge < -0.3 is 10.6 Å². The van der Waals surface area contributed by atoms with Crippen LogP contribution in [0.5, 0.6) is 0 Å². The zero-order valence-electron chi connectivity index (χ0n) is 13.2. The number of piperidine rings is 1. The molecule has 0 saturated carbocycles. The molecule has 1 unspecified atom stereocenters. The molecule has 4 rings (SSSR count). The summed E-state index contributed by atoms with van der Waals surface area (Å²) < 4.78 is 0. The second kappa shape index (κ2) is 6.60. The van der Waals surface area contributed by atoms with Crippen molar-refractivity contribution < 1.29 is 0 Å². The predicted molar refractivity (Wildman–Crippen MR) is 92.7 cm³/mol. The van der Waals surface area contributed by atoms with Gasteiger partial charge in [-0.25, -0.2) is 0 Å². The van der Waals surface area contributed by atoms with Crippen LogP contribution in [0, 0.1) is 0 Å². The van der Waals surface area contributed by atoms with Gasteiger partial charge in [-0.15, -0.1) is 0 Å². The van der Waals surface area contributed by atoms with Gasteiger partial charge in [0.25, 0.3) is 0 Å². The molecule has 2 aromatic heterocycles. The third kappa shape index (κ3) is 3.19. The van der Waals surface area contributed by atoms with Crippen molar-refractivity contribution >= 4 is 11.6 Å². The maximum atomic E-state index is 4.35. The van der Waals surface area contributed by atoms with Crippen molar-refractivity contribution in [3.63, 3.8) is 0 Å². The van der Waals surface area contributed by atoms with Crippen molar-refractivity contribution in [2.24, 2.45) is 0 Å². The number of aromatic nitrogens is 2. The summed E-state index contributed by atoms with van der Waals surface area (Å²) in [4.78, 5) is 8.48. The molecule has 2 aliphatic rings. The molecule has 0 spiro atoms. The van der Waals surface area contributed by atoms with E-state index in [0.29, 0.717) is 12.1 Å². The smallest absolute Gasteiger partial charge is 0.0384 e. The maximum absolute atomic E-state index is 4.35. The molecule has 1 saturated heterocycles. The van der Waals surface area contributed by atoms with Crippen molar-refractivity contribution in [1.29, 1.82) is 0 Å². The van der Waals surface area contributed by atoms with Gasteiger partial charge >= 0.3 is 0 Å². The van der Waals surface area contributed by atoms with E-state index in [0.717, 1.165) is 19.5 Å². The van der Waals surface area contributed by atoms with Gasteiger partial charge in [-0.3, -0.25) is 9.97 Å². The fourth-order valence-electron chi connectivity index (χ4n) is 3.61. The number of fused-ring (bicyclic) bond motifs is 1. The Morgan fingerprint density at radius 3 is 2.61 bits per heavy atom. The molecule has 3 heterocycles. The Bertz CT molecular complexity index is 690. The Morgan fingerprint density at radius 2 is 1.78 bits per heavy atom. The van der Waals surface area contributed by atoms with E-state index >= 15 is 0 Å². The highest BCUT2D eigenvalue weighted by Crippen LogP contribution is 2.36. The highest BCUT2D eigenvalue weighted by atomic mass is 15.0. The molecule has 2 N–H and O–H groups in total. The SMILES string of the molecule is C1=C(c2ccncc2)CC(NC2CCNCC2)c2cnccc21. The Morgan fingerprint density at radius 1 is 1.00 bits per heavy atom. The second-order valence-corrected chi connectivity index (χ2v) is 6.36. The van der Waals surface area contributed by atoms with Crippen LogP contribution < -0.4 is 10.6 Å². The molecule has 4 nitrogen and oxygen atoms in total. The minimum Gasteiger partial charge on any atom is -0.317 e. The van der Waals surface area contributed by atoms with E-state index in [1.165, 1.54) is 35.1 Å². The quantitative estimate of drug-likeness (QED) is 0.915. The first kappa shape index (κ1) is 14.5. The summed E-state index contributed by atoms with van der Waals surface area (Å²) in [5.74, 6) is 0. The molecule has 2 aromatic rings. The van der Waals surface area contributed by atoms with Crippen molar-refractivity contribution in [3.05, 3.63) is 59.7 Å². The Kier molecular flexibility index (Phi) is 4.18. The first-order chi connectivity index (χ1) is 11.4. The third-order valence-electron chi connectivity index (χ3n) is 4.84. The summed E-state index contributed by atoms with van der Waals surface area (Å²) in [5, 5.41) is 7.31. The molecule has 23 heavy (non-hydrogen) atoms. The molecule has 1 atom stereocenters. The van der Waals surface area contributed by atoms with E-state index in [1.54, 1.807) is 0 Å². The molecule has 0 bridgehead atoms. The molecule has 118 valence electrons. The van der Waals surface area contributed by atoms with E-state index in [4.69, 9.17) is 0 Å². The second-order valence-electron chi connectivity index (χ2n) is 6.36. The van der Waals surface area contributed by atoms with Crippen LogP contribution in [0.4, 0.5) is 0 Å². The van der Waals surface area contributed by atoms with Gasteiger partial charge in [0.05, 0.1) is 0 Å². The summed E-state index contributed by atoms with van der Waals surface area (Å²) in [6, 6.07) is 7.24. The molecule has 0 amide bonds. The highest BCUT2D eigenvalue weighted by molar-refractivity contribution is 5.84. The van der Waals surface area contributed by atoms with Crippen molar-refractivity contribution in [1.82, 2.24) is 20.6 Å². The summed E-state index contributed by atoms with van der Waals surface area (Å²) in [6.45, 7) is 2.22. The lowest BCUT2D eigenvalue weighted by atomic mass is 9.85. The number of hydrogen-bond acceptors (Lipinski definition) is 4. The van der Waals surface area contributed by atoms with Crippen LogP contribution in [0.15, 0.2) is 43.0 Å². The van der Waals surface area contributed by atoms with Gasteiger partial charge in [-0.05, 0) is 72.8 Å². The Hall–Kier alpha value is -2.04. The van der Waals surface area contributed by atoms with Crippen LogP contribution in [0.3, 0.4) is 0 Å². The van der Waals surface area contributed by atoms with Crippen LogP contribution in [-0.4, -0.2) is 29.1 Å². The van der Waals surface area contributed by atoms with Gasteiger partial charge in [0, 0.05) is 36.9 Å². The lowest BCUT2D eigenvalue weighted by molar-refractivity contribution is 0.350. The molecular formula is C19H22N4. The molecule has 1 aliphatic carbocycles. The van der Waals surface area contributed by atoms with E-state index < -0.39 is 0 Å². The molecule has 4 heteroatoms. The van der Waals surface area contributed by atoms with E-state index in [-0.39, 0.29) is 0 Å². The number of hydrogen-bond donors (Lipinski definition) is 2. The zero-order chi connectivity index (χ0) is 15.5. The van der Waals surface area contributed by atoms with Crippen molar-refractivity contribution in [2.45, 2.75) is 31.3 Å². The van der Waals surface area contributed by atoms with Gasteiger partial charge in [0.2, 0.25) is 0 Å². The standard InChI is InChI=1S/C19H22N4/c1-6-20-7-2-14(1)16-11-15-3-8-22-13-18(15)19(12-16)23-17-4-9-21-10-5-17/h1-3,6-8,11,13,17,19,21,23H,4-5,9-10,12H2. The monoisotopic (exact) mass is 306 g/mol.